The molecule has 1 fully saturated rings. The maximum absolute atomic E-state index is 13.3. The summed E-state index contributed by atoms with van der Waals surface area (Å²) in [4.78, 5) is 39.1. The van der Waals surface area contributed by atoms with Gasteiger partial charge in [-0.2, -0.15) is 0 Å². The number of rotatable bonds is 5. The molecule has 1 spiro atoms. The lowest BCUT2D eigenvalue weighted by Crippen LogP contribution is -2.45. The van der Waals surface area contributed by atoms with Gasteiger partial charge in [0.1, 0.15) is 17.4 Å². The van der Waals surface area contributed by atoms with Gasteiger partial charge in [0.15, 0.2) is 0 Å². The van der Waals surface area contributed by atoms with Crippen LogP contribution in [0.1, 0.15) is 67.9 Å². The summed E-state index contributed by atoms with van der Waals surface area (Å²) < 4.78 is 11.4. The number of nitrogens with one attached hydrogen (secondary N) is 1. The Kier molecular flexibility index (Phi) is 5.88. The third-order valence-electron chi connectivity index (χ3n) is 6.50. The van der Waals surface area contributed by atoms with Crippen molar-refractivity contribution in [2.75, 3.05) is 19.7 Å². The first-order valence-electron chi connectivity index (χ1n) is 11.0. The highest BCUT2D eigenvalue weighted by Crippen LogP contribution is 2.50. The van der Waals surface area contributed by atoms with E-state index in [2.05, 4.69) is 5.32 Å². The Labute approximate surface area is 192 Å². The molecule has 3 N–H and O–H groups in total. The molecule has 0 radical (unpaired) electrons. The van der Waals surface area contributed by atoms with Crippen molar-refractivity contribution in [3.8, 4) is 5.75 Å². The SMILES string of the molecule is CC(C)(C)OC(=O)CCC(C(N)=O)N1Cc2c3c(cc(Cl)c2C1=O)C1(CCNCC1)CO3. The van der Waals surface area contributed by atoms with Crippen LogP contribution in [0.3, 0.4) is 0 Å². The van der Waals surface area contributed by atoms with E-state index in [1.54, 1.807) is 20.8 Å². The Morgan fingerprint density at radius 3 is 2.66 bits per heavy atom. The minimum absolute atomic E-state index is 0.0244. The average Bonchev–Trinajstić information content (AvgIpc) is 3.21. The summed E-state index contributed by atoms with van der Waals surface area (Å²) in [6.45, 7) is 7.85. The Hall–Kier alpha value is -2.32. The number of primary amides is 1. The highest BCUT2D eigenvalue weighted by molar-refractivity contribution is 6.34. The minimum Gasteiger partial charge on any atom is -0.492 e. The lowest BCUT2D eigenvalue weighted by molar-refractivity contribution is -0.155. The molecule has 32 heavy (non-hydrogen) atoms. The van der Waals surface area contributed by atoms with Gasteiger partial charge in [0.2, 0.25) is 5.91 Å². The zero-order valence-corrected chi connectivity index (χ0v) is 19.5. The summed E-state index contributed by atoms with van der Waals surface area (Å²) in [5.41, 5.74) is 7.01. The van der Waals surface area contributed by atoms with Crippen LogP contribution < -0.4 is 15.8 Å². The molecule has 3 aliphatic heterocycles. The Balaban J connectivity index is 1.59. The number of carbonyl (C=O) groups excluding carboxylic acids is 3. The first-order chi connectivity index (χ1) is 15.0. The number of nitrogens with zero attached hydrogens (tertiary/aromatic N) is 1. The summed E-state index contributed by atoms with van der Waals surface area (Å²) in [6.07, 6.45) is 1.93. The van der Waals surface area contributed by atoms with E-state index in [-0.39, 0.29) is 30.7 Å². The van der Waals surface area contributed by atoms with Crippen LogP contribution in [-0.4, -0.2) is 54.0 Å². The molecule has 1 unspecified atom stereocenters. The van der Waals surface area contributed by atoms with Gasteiger partial charge in [-0.1, -0.05) is 11.6 Å². The molecule has 9 heteroatoms. The maximum atomic E-state index is 13.3. The van der Waals surface area contributed by atoms with Crippen LogP contribution in [0.25, 0.3) is 0 Å². The standard InChI is InChI=1S/C23H30ClN3O5/c1-22(2,3)32-17(28)5-4-16(20(25)29)27-11-13-18(21(27)30)15(24)10-14-19(13)31-12-23(14)6-8-26-9-7-23/h10,16,26H,4-9,11-12H2,1-3H3,(H2,25,29). The molecule has 0 bridgehead atoms. The summed E-state index contributed by atoms with van der Waals surface area (Å²) in [5, 5.41) is 3.74. The van der Waals surface area contributed by atoms with Crippen LogP contribution in [0.2, 0.25) is 5.02 Å². The normalized spacial score (nSPS) is 20.0. The summed E-state index contributed by atoms with van der Waals surface area (Å²) >= 11 is 6.59. The summed E-state index contributed by atoms with van der Waals surface area (Å²) in [6, 6.07) is 0.915. The van der Waals surface area contributed by atoms with Crippen molar-refractivity contribution in [2.24, 2.45) is 5.73 Å². The third kappa shape index (κ3) is 4.06. The van der Waals surface area contributed by atoms with Crippen molar-refractivity contribution in [1.29, 1.82) is 0 Å². The van der Waals surface area contributed by atoms with E-state index in [4.69, 9.17) is 26.8 Å². The first-order valence-corrected chi connectivity index (χ1v) is 11.4. The van der Waals surface area contributed by atoms with Crippen molar-refractivity contribution in [2.45, 2.75) is 70.1 Å². The quantitative estimate of drug-likeness (QED) is 0.648. The van der Waals surface area contributed by atoms with Gasteiger partial charge in [-0.25, -0.2) is 0 Å². The second-order valence-corrected chi connectivity index (χ2v) is 10.3. The Morgan fingerprint density at radius 1 is 1.34 bits per heavy atom. The molecule has 8 nitrogen and oxygen atoms in total. The predicted octanol–water partition coefficient (Wildman–Crippen LogP) is 2.29. The molecule has 1 atom stereocenters. The summed E-state index contributed by atoms with van der Waals surface area (Å²) in [5.74, 6) is -0.769. The van der Waals surface area contributed by atoms with E-state index in [1.165, 1.54) is 4.90 Å². The van der Waals surface area contributed by atoms with Gasteiger partial charge >= 0.3 is 5.97 Å². The fourth-order valence-corrected chi connectivity index (χ4v) is 5.27. The highest BCUT2D eigenvalue weighted by atomic mass is 35.5. The van der Waals surface area contributed by atoms with E-state index in [0.717, 1.165) is 31.5 Å². The molecule has 2 amide bonds. The Morgan fingerprint density at radius 2 is 2.03 bits per heavy atom. The van der Waals surface area contributed by atoms with Crippen LogP contribution >= 0.6 is 11.6 Å². The molecule has 1 saturated heterocycles. The number of ether oxygens (including phenoxy) is 2. The number of carbonyl (C=O) groups is 3. The molecule has 3 aliphatic rings. The van der Waals surface area contributed by atoms with Crippen molar-refractivity contribution < 1.29 is 23.9 Å². The maximum Gasteiger partial charge on any atom is 0.306 e. The van der Waals surface area contributed by atoms with E-state index in [1.807, 2.05) is 6.07 Å². The number of halogens is 1. The van der Waals surface area contributed by atoms with Gasteiger partial charge in [0.05, 0.1) is 23.7 Å². The highest BCUT2D eigenvalue weighted by Gasteiger charge is 2.47. The zero-order valence-electron chi connectivity index (χ0n) is 18.8. The molecular weight excluding hydrogens is 434 g/mol. The van der Waals surface area contributed by atoms with Gasteiger partial charge in [0, 0.05) is 23.0 Å². The van der Waals surface area contributed by atoms with E-state index < -0.39 is 23.5 Å². The summed E-state index contributed by atoms with van der Waals surface area (Å²) in [7, 11) is 0. The number of amides is 2. The van der Waals surface area contributed by atoms with E-state index >= 15 is 0 Å². The van der Waals surface area contributed by atoms with Crippen LogP contribution in [0.5, 0.6) is 5.75 Å². The van der Waals surface area contributed by atoms with Crippen LogP contribution in [0.4, 0.5) is 0 Å². The third-order valence-corrected chi connectivity index (χ3v) is 6.80. The minimum atomic E-state index is -0.941. The molecule has 3 heterocycles. The molecule has 1 aromatic carbocycles. The molecule has 1 aromatic rings. The molecular formula is C23H30ClN3O5. The van der Waals surface area contributed by atoms with E-state index in [9.17, 15) is 14.4 Å². The van der Waals surface area contributed by atoms with Gasteiger partial charge in [-0.05, 0) is 59.2 Å². The number of esters is 1. The number of nitrogens with two attached hydrogens (primary N) is 1. The smallest absolute Gasteiger partial charge is 0.306 e. The lowest BCUT2D eigenvalue weighted by Gasteiger charge is -2.32. The first kappa shape index (κ1) is 22.9. The predicted molar refractivity (Wildman–Crippen MR) is 119 cm³/mol. The van der Waals surface area contributed by atoms with Crippen LogP contribution in [0.15, 0.2) is 6.07 Å². The topological polar surface area (TPSA) is 111 Å². The molecule has 4 rings (SSSR count). The van der Waals surface area contributed by atoms with Gasteiger partial charge in [0.25, 0.3) is 5.91 Å². The molecule has 0 saturated carbocycles. The van der Waals surface area contributed by atoms with Crippen molar-refractivity contribution in [1.82, 2.24) is 10.2 Å². The molecule has 0 aliphatic carbocycles. The second-order valence-electron chi connectivity index (χ2n) is 9.88. The Bertz CT molecular complexity index is 965. The monoisotopic (exact) mass is 463 g/mol. The number of fused-ring (bicyclic) bond motifs is 4. The van der Waals surface area contributed by atoms with Gasteiger partial charge in [-0.15, -0.1) is 0 Å². The number of piperidine rings is 1. The number of benzene rings is 1. The van der Waals surface area contributed by atoms with E-state index in [0.29, 0.717) is 28.5 Å². The fourth-order valence-electron chi connectivity index (χ4n) is 4.97. The lowest BCUT2D eigenvalue weighted by atomic mass is 9.74. The number of hydrogen-bond acceptors (Lipinski definition) is 6. The van der Waals surface area contributed by atoms with Crippen LogP contribution in [0, 0.1) is 0 Å². The van der Waals surface area contributed by atoms with Gasteiger partial charge in [-0.3, -0.25) is 14.4 Å². The van der Waals surface area contributed by atoms with Crippen molar-refractivity contribution in [3.05, 3.63) is 27.8 Å². The second kappa shape index (κ2) is 8.23. The zero-order chi connectivity index (χ0) is 23.3. The van der Waals surface area contributed by atoms with Crippen molar-refractivity contribution in [3.63, 3.8) is 0 Å². The number of hydrogen-bond donors (Lipinski definition) is 2. The van der Waals surface area contributed by atoms with Gasteiger partial charge < -0.3 is 25.4 Å². The molecule has 174 valence electrons. The van der Waals surface area contributed by atoms with Crippen molar-refractivity contribution >= 4 is 29.4 Å². The fraction of sp³-hybridized carbons (Fsp3) is 0.609. The largest absolute Gasteiger partial charge is 0.492 e. The molecule has 0 aromatic heterocycles. The average molecular weight is 464 g/mol. The van der Waals surface area contributed by atoms with Crippen LogP contribution in [-0.2, 0) is 26.3 Å².